The van der Waals surface area contributed by atoms with E-state index in [2.05, 4.69) is 0 Å². The van der Waals surface area contributed by atoms with Crippen LogP contribution < -0.4 is 0 Å². The predicted octanol–water partition coefficient (Wildman–Crippen LogP) is 2.72. The molecule has 1 nitrogen and oxygen atoms in total. The van der Waals surface area contributed by atoms with E-state index in [1.807, 2.05) is 0 Å². The summed E-state index contributed by atoms with van der Waals surface area (Å²) >= 11 is 1.34. The van der Waals surface area contributed by atoms with Crippen molar-refractivity contribution < 1.29 is 18.3 Å². The molecule has 0 saturated heterocycles. The van der Waals surface area contributed by atoms with E-state index in [9.17, 15) is 13.2 Å². The zero-order valence-electron chi connectivity index (χ0n) is 5.96. The summed E-state index contributed by atoms with van der Waals surface area (Å²) in [5.74, 6) is -4.65. The van der Waals surface area contributed by atoms with Crippen LogP contribution in [-0.4, -0.2) is 5.11 Å². The smallest absolute Gasteiger partial charge is 0.201 e. The largest absolute Gasteiger partial charge is 0.504 e. The van der Waals surface area contributed by atoms with Gasteiger partial charge in [-0.25, -0.2) is 8.78 Å². The van der Waals surface area contributed by atoms with Crippen LogP contribution in [0.3, 0.4) is 0 Å². The second-order valence-corrected chi connectivity index (χ2v) is 3.31. The summed E-state index contributed by atoms with van der Waals surface area (Å²) in [7, 11) is 0. The van der Waals surface area contributed by atoms with Crippen molar-refractivity contribution in [2.75, 3.05) is 0 Å². The molecule has 5 heteroatoms. The lowest BCUT2D eigenvalue weighted by Crippen LogP contribution is -1.98. The van der Waals surface area contributed by atoms with Crippen molar-refractivity contribution in [3.05, 3.63) is 26.6 Å². The minimum absolute atomic E-state index is 0.279. The fourth-order valence-electron chi connectivity index (χ4n) is 0.730. The summed E-state index contributed by atoms with van der Waals surface area (Å²) in [4.78, 5) is 0. The molecule has 1 N–H and O–H groups in total. The van der Waals surface area contributed by atoms with E-state index in [1.54, 1.807) is 0 Å². The van der Waals surface area contributed by atoms with Gasteiger partial charge >= 0.3 is 0 Å². The lowest BCUT2D eigenvalue weighted by atomic mass is 10.2. The second-order valence-electron chi connectivity index (χ2n) is 2.23. The second kappa shape index (κ2) is 3.12. The minimum Gasteiger partial charge on any atom is -0.504 e. The van der Waals surface area contributed by atoms with Crippen molar-refractivity contribution >= 4 is 22.6 Å². The van der Waals surface area contributed by atoms with Crippen molar-refractivity contribution in [1.29, 1.82) is 0 Å². The molecule has 0 heterocycles. The zero-order valence-corrected chi connectivity index (χ0v) is 8.12. The number of aromatic hydroxyl groups is 1. The van der Waals surface area contributed by atoms with Gasteiger partial charge in [0.25, 0.3) is 0 Å². The van der Waals surface area contributed by atoms with Crippen LogP contribution in [0.15, 0.2) is 0 Å². The number of phenolic OH excluding ortho intramolecular Hbond substituents is 1. The van der Waals surface area contributed by atoms with Gasteiger partial charge in [-0.05, 0) is 29.5 Å². The molecular weight excluding hydrogens is 284 g/mol. The van der Waals surface area contributed by atoms with Crippen molar-refractivity contribution in [3.8, 4) is 5.75 Å². The molecule has 0 unspecified atom stereocenters. The van der Waals surface area contributed by atoms with Crippen molar-refractivity contribution in [1.82, 2.24) is 0 Å². The summed E-state index contributed by atoms with van der Waals surface area (Å²) in [5.41, 5.74) is -0.279. The monoisotopic (exact) mass is 288 g/mol. The van der Waals surface area contributed by atoms with Gasteiger partial charge in [-0.2, -0.15) is 4.39 Å². The molecule has 1 aromatic rings. The Labute approximate surface area is 80.3 Å². The van der Waals surface area contributed by atoms with Crippen LogP contribution in [-0.2, 0) is 0 Å². The highest BCUT2D eigenvalue weighted by Crippen LogP contribution is 2.29. The van der Waals surface area contributed by atoms with Gasteiger partial charge < -0.3 is 5.11 Å². The molecule has 1 aromatic carbocycles. The molecule has 66 valence electrons. The molecule has 0 spiro atoms. The summed E-state index contributed by atoms with van der Waals surface area (Å²) in [6.45, 7) is 1.18. The molecule has 1 rings (SSSR count). The van der Waals surface area contributed by atoms with E-state index in [0.717, 1.165) is 0 Å². The third kappa shape index (κ3) is 1.26. The van der Waals surface area contributed by atoms with Crippen LogP contribution >= 0.6 is 22.6 Å². The molecule has 0 saturated carbocycles. The molecular formula is C7H4F3IO. The molecule has 0 aliphatic heterocycles. The summed E-state index contributed by atoms with van der Waals surface area (Å²) in [6.07, 6.45) is 0. The van der Waals surface area contributed by atoms with Crippen LogP contribution in [0.4, 0.5) is 13.2 Å². The molecule has 0 fully saturated rings. The molecule has 0 aromatic heterocycles. The SMILES string of the molecule is Cc1c(O)c(F)c(F)c(I)c1F. The quantitative estimate of drug-likeness (QED) is 0.442. The first kappa shape index (κ1) is 9.63. The molecule has 0 atom stereocenters. The Kier molecular flexibility index (Phi) is 2.50. The summed E-state index contributed by atoms with van der Waals surface area (Å²) in [6, 6.07) is 0. The lowest BCUT2D eigenvalue weighted by Gasteiger charge is -2.05. The van der Waals surface area contributed by atoms with E-state index >= 15 is 0 Å². The number of halogens is 4. The summed E-state index contributed by atoms with van der Waals surface area (Å²) in [5, 5.41) is 8.83. The standard InChI is InChI=1S/C7H4F3IO/c1-2-3(8)6(11)4(9)5(10)7(2)12/h12H,1H3. The van der Waals surface area contributed by atoms with E-state index in [0.29, 0.717) is 0 Å². The number of hydrogen-bond acceptors (Lipinski definition) is 1. The topological polar surface area (TPSA) is 20.2 Å². The van der Waals surface area contributed by atoms with Gasteiger partial charge in [-0.15, -0.1) is 0 Å². The number of rotatable bonds is 0. The van der Waals surface area contributed by atoms with Crippen molar-refractivity contribution in [2.24, 2.45) is 0 Å². The first-order valence-corrected chi connectivity index (χ1v) is 4.06. The average Bonchev–Trinajstić information content (AvgIpc) is 2.08. The van der Waals surface area contributed by atoms with Crippen LogP contribution in [0.25, 0.3) is 0 Å². The Balaban J connectivity index is 3.60. The fraction of sp³-hybridized carbons (Fsp3) is 0.143. The Morgan fingerprint density at radius 3 is 2.08 bits per heavy atom. The van der Waals surface area contributed by atoms with Crippen LogP contribution in [0.1, 0.15) is 5.56 Å². The van der Waals surface area contributed by atoms with Crippen LogP contribution in [0.2, 0.25) is 0 Å². The van der Waals surface area contributed by atoms with E-state index in [1.165, 1.54) is 29.5 Å². The Morgan fingerprint density at radius 1 is 1.08 bits per heavy atom. The van der Waals surface area contributed by atoms with Gasteiger partial charge in [-0.3, -0.25) is 0 Å². The minimum atomic E-state index is -1.40. The first-order valence-electron chi connectivity index (χ1n) is 2.98. The maximum Gasteiger partial charge on any atom is 0.201 e. The van der Waals surface area contributed by atoms with Crippen LogP contribution in [0, 0.1) is 27.9 Å². The highest BCUT2D eigenvalue weighted by molar-refractivity contribution is 14.1. The number of hydrogen-bond donors (Lipinski definition) is 1. The van der Waals surface area contributed by atoms with Gasteiger partial charge in [-0.1, -0.05) is 0 Å². The van der Waals surface area contributed by atoms with Gasteiger partial charge in [0, 0.05) is 5.56 Å². The Morgan fingerprint density at radius 2 is 1.58 bits per heavy atom. The molecule has 0 bridgehead atoms. The van der Waals surface area contributed by atoms with E-state index in [4.69, 9.17) is 5.11 Å². The van der Waals surface area contributed by atoms with E-state index in [-0.39, 0.29) is 5.56 Å². The van der Waals surface area contributed by atoms with Gasteiger partial charge in [0.1, 0.15) is 5.82 Å². The maximum absolute atomic E-state index is 12.9. The van der Waals surface area contributed by atoms with Gasteiger partial charge in [0.05, 0.1) is 3.57 Å². The van der Waals surface area contributed by atoms with Crippen molar-refractivity contribution in [2.45, 2.75) is 6.92 Å². The highest BCUT2D eigenvalue weighted by Gasteiger charge is 2.20. The Hall–Kier alpha value is -0.460. The molecule has 0 radical (unpaired) electrons. The third-order valence-corrected chi connectivity index (χ3v) is 2.42. The van der Waals surface area contributed by atoms with Crippen LogP contribution in [0.5, 0.6) is 5.75 Å². The molecule has 0 aliphatic rings. The zero-order chi connectivity index (χ0) is 9.46. The molecule has 0 amide bonds. The normalized spacial score (nSPS) is 10.4. The predicted molar refractivity (Wildman–Crippen MR) is 45.4 cm³/mol. The Bertz CT molecular complexity index is 233. The maximum atomic E-state index is 12.9. The van der Waals surface area contributed by atoms with Gasteiger partial charge in [0.15, 0.2) is 11.6 Å². The third-order valence-electron chi connectivity index (χ3n) is 1.47. The summed E-state index contributed by atoms with van der Waals surface area (Å²) < 4.78 is 37.7. The molecule has 0 aliphatic carbocycles. The van der Waals surface area contributed by atoms with Crippen molar-refractivity contribution in [3.63, 3.8) is 0 Å². The number of benzene rings is 1. The molecule has 12 heavy (non-hydrogen) atoms. The highest BCUT2D eigenvalue weighted by atomic mass is 127. The number of phenols is 1. The average molecular weight is 288 g/mol. The lowest BCUT2D eigenvalue weighted by molar-refractivity contribution is 0.391. The first-order chi connectivity index (χ1) is 5.46. The fourth-order valence-corrected chi connectivity index (χ4v) is 1.37. The van der Waals surface area contributed by atoms with E-state index < -0.39 is 26.8 Å². The van der Waals surface area contributed by atoms with Gasteiger partial charge in [0.2, 0.25) is 5.82 Å².